The monoisotopic (exact) mass is 280 g/mol. The molecule has 3 heterocycles. The molecule has 2 aliphatic heterocycles. The zero-order valence-electron chi connectivity index (χ0n) is 11.2. The van der Waals surface area contributed by atoms with Crippen LogP contribution >= 0.6 is 11.3 Å². The van der Waals surface area contributed by atoms with Gasteiger partial charge < -0.3 is 10.1 Å². The van der Waals surface area contributed by atoms with E-state index in [0.29, 0.717) is 12.6 Å². The Balaban J connectivity index is 1.63. The fourth-order valence-corrected chi connectivity index (χ4v) is 3.61. The molecular formula is C14H20N2O2S. The quantitative estimate of drug-likeness (QED) is 0.915. The molecule has 0 spiro atoms. The molecule has 2 saturated heterocycles. The van der Waals surface area contributed by atoms with Crippen molar-refractivity contribution in [1.82, 2.24) is 10.2 Å². The van der Waals surface area contributed by atoms with E-state index in [2.05, 4.69) is 10.2 Å². The number of rotatable bonds is 3. The molecule has 1 N–H and O–H groups in total. The van der Waals surface area contributed by atoms with Crippen molar-refractivity contribution < 1.29 is 9.53 Å². The van der Waals surface area contributed by atoms with Crippen molar-refractivity contribution >= 4 is 17.2 Å². The highest BCUT2D eigenvalue weighted by atomic mass is 32.1. The molecule has 1 amide bonds. The second-order valence-corrected chi connectivity index (χ2v) is 6.49. The number of hydrogen-bond donors (Lipinski definition) is 1. The average Bonchev–Trinajstić information content (AvgIpc) is 3.07. The van der Waals surface area contributed by atoms with Crippen LogP contribution in [0.15, 0.2) is 11.4 Å². The normalized spacial score (nSPS) is 27.8. The lowest BCUT2D eigenvalue weighted by Gasteiger charge is -2.27. The Kier molecular flexibility index (Phi) is 3.86. The predicted octanol–water partition coefficient (Wildman–Crippen LogP) is 1.65. The maximum Gasteiger partial charge on any atom is 0.252 e. The summed E-state index contributed by atoms with van der Waals surface area (Å²) in [5.41, 5.74) is 0.773. The van der Waals surface area contributed by atoms with Gasteiger partial charge in [-0.1, -0.05) is 0 Å². The Morgan fingerprint density at radius 2 is 2.21 bits per heavy atom. The standard InChI is InChI=1S/C14H20N2O2S/c1-10-6-11(9-19-10)14(17)15-12-7-18-8-13(12)16-4-2-3-5-16/h6,9,12-13H,2-5,7-8H2,1H3,(H,15,17)/t12-,13-/m0/s1. The lowest BCUT2D eigenvalue weighted by Crippen LogP contribution is -2.50. The van der Waals surface area contributed by atoms with Crippen LogP contribution in [0.1, 0.15) is 28.1 Å². The summed E-state index contributed by atoms with van der Waals surface area (Å²) in [5, 5.41) is 5.06. The maximum absolute atomic E-state index is 12.2. The van der Waals surface area contributed by atoms with Gasteiger partial charge in [0.25, 0.3) is 5.91 Å². The molecule has 104 valence electrons. The van der Waals surface area contributed by atoms with Crippen molar-refractivity contribution in [2.45, 2.75) is 31.8 Å². The van der Waals surface area contributed by atoms with Gasteiger partial charge in [0.1, 0.15) is 0 Å². The summed E-state index contributed by atoms with van der Waals surface area (Å²) in [4.78, 5) is 15.8. The van der Waals surface area contributed by atoms with Crippen LogP contribution in [0.4, 0.5) is 0 Å². The second kappa shape index (κ2) is 5.61. The Bertz CT molecular complexity index is 454. The number of nitrogens with one attached hydrogen (secondary N) is 1. The van der Waals surface area contributed by atoms with Crippen molar-refractivity contribution in [3.8, 4) is 0 Å². The van der Waals surface area contributed by atoms with Gasteiger partial charge in [0.2, 0.25) is 0 Å². The molecule has 19 heavy (non-hydrogen) atoms. The summed E-state index contributed by atoms with van der Waals surface area (Å²) < 4.78 is 5.57. The van der Waals surface area contributed by atoms with Crippen LogP contribution in [-0.4, -0.2) is 49.2 Å². The molecule has 0 unspecified atom stereocenters. The molecule has 1 aromatic rings. The highest BCUT2D eigenvalue weighted by Crippen LogP contribution is 2.20. The summed E-state index contributed by atoms with van der Waals surface area (Å²) in [6.45, 7) is 5.67. The SMILES string of the molecule is Cc1cc(C(=O)N[C@H]2COC[C@@H]2N2CCCC2)cs1. The van der Waals surface area contributed by atoms with Crippen LogP contribution in [0, 0.1) is 6.92 Å². The largest absolute Gasteiger partial charge is 0.378 e. The number of thiophene rings is 1. The van der Waals surface area contributed by atoms with Gasteiger partial charge in [-0.3, -0.25) is 9.69 Å². The predicted molar refractivity (Wildman–Crippen MR) is 75.7 cm³/mol. The molecule has 0 bridgehead atoms. The van der Waals surface area contributed by atoms with E-state index in [1.807, 2.05) is 18.4 Å². The van der Waals surface area contributed by atoms with E-state index in [-0.39, 0.29) is 11.9 Å². The van der Waals surface area contributed by atoms with E-state index < -0.39 is 0 Å². The number of aryl methyl sites for hydroxylation is 1. The van der Waals surface area contributed by atoms with Crippen LogP contribution in [0.3, 0.4) is 0 Å². The number of hydrogen-bond acceptors (Lipinski definition) is 4. The Morgan fingerprint density at radius 3 is 2.89 bits per heavy atom. The lowest BCUT2D eigenvalue weighted by atomic mass is 10.1. The number of carbonyl (C=O) groups excluding carboxylic acids is 1. The number of ether oxygens (including phenoxy) is 1. The minimum Gasteiger partial charge on any atom is -0.378 e. The van der Waals surface area contributed by atoms with Crippen LogP contribution in [0.25, 0.3) is 0 Å². The topological polar surface area (TPSA) is 41.6 Å². The highest BCUT2D eigenvalue weighted by Gasteiger charge is 2.35. The fourth-order valence-electron chi connectivity index (χ4n) is 2.93. The van der Waals surface area contributed by atoms with E-state index in [0.717, 1.165) is 25.3 Å². The van der Waals surface area contributed by atoms with E-state index >= 15 is 0 Å². The summed E-state index contributed by atoms with van der Waals surface area (Å²) in [5.74, 6) is 0.0315. The molecule has 2 atom stereocenters. The van der Waals surface area contributed by atoms with Crippen molar-refractivity contribution in [2.75, 3.05) is 26.3 Å². The molecule has 4 nitrogen and oxygen atoms in total. The molecule has 1 aromatic heterocycles. The second-order valence-electron chi connectivity index (χ2n) is 5.37. The Morgan fingerprint density at radius 1 is 1.42 bits per heavy atom. The van der Waals surface area contributed by atoms with Gasteiger partial charge in [0.05, 0.1) is 30.9 Å². The van der Waals surface area contributed by atoms with E-state index in [1.54, 1.807) is 11.3 Å². The summed E-state index contributed by atoms with van der Waals surface area (Å²) in [6.07, 6.45) is 2.53. The first kappa shape index (κ1) is 13.1. The Labute approximate surface area is 117 Å². The van der Waals surface area contributed by atoms with E-state index in [9.17, 15) is 4.79 Å². The summed E-state index contributed by atoms with van der Waals surface area (Å²) >= 11 is 1.61. The van der Waals surface area contributed by atoms with Crippen molar-refractivity contribution in [3.63, 3.8) is 0 Å². The van der Waals surface area contributed by atoms with Crippen molar-refractivity contribution in [3.05, 3.63) is 21.9 Å². The third-order valence-corrected chi connectivity index (χ3v) is 4.83. The first-order valence-electron chi connectivity index (χ1n) is 6.92. The number of likely N-dealkylation sites (tertiary alicyclic amines) is 1. The number of nitrogens with zero attached hydrogens (tertiary/aromatic N) is 1. The third-order valence-electron chi connectivity index (χ3n) is 3.97. The van der Waals surface area contributed by atoms with Gasteiger partial charge in [-0.2, -0.15) is 0 Å². The maximum atomic E-state index is 12.2. The van der Waals surface area contributed by atoms with E-state index in [4.69, 9.17) is 4.74 Å². The highest BCUT2D eigenvalue weighted by molar-refractivity contribution is 7.10. The molecule has 0 saturated carbocycles. The molecule has 3 rings (SSSR count). The van der Waals surface area contributed by atoms with Gasteiger partial charge in [0.15, 0.2) is 0 Å². The summed E-state index contributed by atoms with van der Waals surface area (Å²) in [7, 11) is 0. The van der Waals surface area contributed by atoms with Gasteiger partial charge >= 0.3 is 0 Å². The molecule has 0 aliphatic carbocycles. The molecular weight excluding hydrogens is 260 g/mol. The zero-order valence-corrected chi connectivity index (χ0v) is 12.0. The van der Waals surface area contributed by atoms with Gasteiger partial charge in [-0.05, 0) is 38.9 Å². The minimum absolute atomic E-state index is 0.0315. The average molecular weight is 280 g/mol. The van der Waals surface area contributed by atoms with Crippen LogP contribution in [-0.2, 0) is 4.74 Å². The third kappa shape index (κ3) is 2.83. The Hall–Kier alpha value is -0.910. The van der Waals surface area contributed by atoms with Gasteiger partial charge in [-0.15, -0.1) is 11.3 Å². The molecule has 5 heteroatoms. The van der Waals surface area contributed by atoms with Gasteiger partial charge in [-0.25, -0.2) is 0 Å². The molecule has 0 aromatic carbocycles. The number of amides is 1. The zero-order chi connectivity index (χ0) is 13.2. The lowest BCUT2D eigenvalue weighted by molar-refractivity contribution is 0.0917. The van der Waals surface area contributed by atoms with E-state index in [1.165, 1.54) is 17.7 Å². The van der Waals surface area contributed by atoms with Crippen LogP contribution in [0.2, 0.25) is 0 Å². The first-order chi connectivity index (χ1) is 9.24. The molecule has 2 fully saturated rings. The molecule has 0 radical (unpaired) electrons. The van der Waals surface area contributed by atoms with Gasteiger partial charge in [0, 0.05) is 10.3 Å². The van der Waals surface area contributed by atoms with Crippen molar-refractivity contribution in [1.29, 1.82) is 0 Å². The van der Waals surface area contributed by atoms with Crippen LogP contribution < -0.4 is 5.32 Å². The fraction of sp³-hybridized carbons (Fsp3) is 0.643. The van der Waals surface area contributed by atoms with Crippen LogP contribution in [0.5, 0.6) is 0 Å². The smallest absolute Gasteiger partial charge is 0.252 e. The number of carbonyl (C=O) groups is 1. The summed E-state index contributed by atoms with van der Waals surface area (Å²) in [6, 6.07) is 2.43. The first-order valence-corrected chi connectivity index (χ1v) is 7.80. The minimum atomic E-state index is 0.0315. The van der Waals surface area contributed by atoms with Crippen molar-refractivity contribution in [2.24, 2.45) is 0 Å². The molecule has 2 aliphatic rings.